The van der Waals surface area contributed by atoms with Crippen molar-refractivity contribution in [2.45, 2.75) is 37.2 Å². The molecule has 1 aromatic carbocycles. The summed E-state index contributed by atoms with van der Waals surface area (Å²) in [4.78, 5) is 35.6. The molecule has 3 N–H and O–H groups in total. The van der Waals surface area contributed by atoms with Crippen LogP contribution in [0.15, 0.2) is 24.3 Å². The Bertz CT molecular complexity index is 874. The van der Waals surface area contributed by atoms with E-state index in [1.807, 2.05) is 0 Å². The molecule has 1 aliphatic rings. The fraction of sp³-hybridized carbons (Fsp3) is 0.412. The van der Waals surface area contributed by atoms with Crippen LogP contribution in [0.25, 0.3) is 0 Å². The first kappa shape index (κ1) is 21.7. The number of rotatable bonds is 9. The van der Waals surface area contributed by atoms with Crippen LogP contribution in [-0.2, 0) is 30.0 Å². The third-order valence-corrected chi connectivity index (χ3v) is 5.70. The van der Waals surface area contributed by atoms with E-state index >= 15 is 0 Å². The number of primary amides is 1. The van der Waals surface area contributed by atoms with Gasteiger partial charge in [-0.25, -0.2) is 8.42 Å². The molecule has 0 heterocycles. The van der Waals surface area contributed by atoms with Crippen molar-refractivity contribution >= 4 is 27.4 Å². The minimum atomic E-state index is -3.92. The molecule has 0 spiro atoms. The molecule has 1 fully saturated rings. The molecule has 0 saturated heterocycles. The molecule has 2 amide bonds. The summed E-state index contributed by atoms with van der Waals surface area (Å²) in [5.74, 6) is -4.12. The lowest BCUT2D eigenvalue weighted by molar-refractivity contribution is -0.137. The molecule has 153 valence electrons. The molecule has 8 nitrogen and oxygen atoms in total. The number of para-hydroxylation sites is 1. The summed E-state index contributed by atoms with van der Waals surface area (Å²) in [6.07, 6.45) is 1.28. The highest BCUT2D eigenvalue weighted by Gasteiger charge is 2.48. The Hall–Kier alpha value is -2.56. The van der Waals surface area contributed by atoms with E-state index in [4.69, 9.17) is 5.73 Å². The van der Waals surface area contributed by atoms with Crippen LogP contribution < -0.4 is 15.8 Å². The van der Waals surface area contributed by atoms with Crippen LogP contribution in [0.2, 0.25) is 0 Å². The normalized spacial score (nSPS) is 19.6. The lowest BCUT2D eigenvalue weighted by atomic mass is 9.95. The summed E-state index contributed by atoms with van der Waals surface area (Å²) in [5.41, 5.74) is 3.42. The minimum Gasteiger partial charge on any atom is -0.435 e. The molecule has 1 saturated carbocycles. The number of sulfone groups is 1. The van der Waals surface area contributed by atoms with E-state index in [-0.39, 0.29) is 24.2 Å². The Balaban J connectivity index is 2.01. The number of carbonyl (C=O) groups is 3. The molecular formula is C17H19F2N2O6S. The predicted octanol–water partition coefficient (Wildman–Crippen LogP) is 0.500. The molecule has 1 atom stereocenters. The number of ketones is 1. The molecule has 2 rings (SSSR count). The summed E-state index contributed by atoms with van der Waals surface area (Å²) >= 11 is 0. The van der Waals surface area contributed by atoms with Gasteiger partial charge in [0.05, 0.1) is 17.9 Å². The van der Waals surface area contributed by atoms with Crippen molar-refractivity contribution in [1.29, 1.82) is 0 Å². The zero-order valence-corrected chi connectivity index (χ0v) is 15.5. The lowest BCUT2D eigenvalue weighted by Gasteiger charge is -2.24. The maximum atomic E-state index is 12.4. The highest BCUT2D eigenvalue weighted by molar-refractivity contribution is 7.90. The fourth-order valence-electron chi connectivity index (χ4n) is 2.92. The van der Waals surface area contributed by atoms with Gasteiger partial charge in [-0.1, -0.05) is 18.2 Å². The van der Waals surface area contributed by atoms with Gasteiger partial charge < -0.3 is 15.8 Å². The second kappa shape index (κ2) is 8.63. The smallest absolute Gasteiger partial charge is 0.387 e. The molecule has 0 aromatic heterocycles. The van der Waals surface area contributed by atoms with Crippen molar-refractivity contribution in [3.8, 4) is 5.75 Å². The molecule has 0 aliphatic heterocycles. The number of nitrogens with one attached hydrogen (secondary N) is 1. The third kappa shape index (κ3) is 5.24. The number of Topliss-reactive ketones (excluding diaryl/α,β-unsaturated/α-hetero) is 1. The van der Waals surface area contributed by atoms with Crippen LogP contribution in [0.1, 0.15) is 24.8 Å². The predicted molar refractivity (Wildman–Crippen MR) is 93.8 cm³/mol. The number of ether oxygens (including phenoxy) is 1. The van der Waals surface area contributed by atoms with E-state index in [9.17, 15) is 31.6 Å². The van der Waals surface area contributed by atoms with Crippen LogP contribution in [0.4, 0.5) is 8.78 Å². The van der Waals surface area contributed by atoms with E-state index in [1.165, 1.54) is 24.3 Å². The zero-order valence-electron chi connectivity index (χ0n) is 14.7. The second-order valence-electron chi connectivity index (χ2n) is 6.28. The first-order valence-electron chi connectivity index (χ1n) is 8.27. The number of hydrogen-bond acceptors (Lipinski definition) is 6. The Kier molecular flexibility index (Phi) is 6.70. The van der Waals surface area contributed by atoms with Crippen molar-refractivity contribution in [1.82, 2.24) is 5.32 Å². The molecule has 0 bridgehead atoms. The average Bonchev–Trinajstić information content (AvgIpc) is 2.96. The average molecular weight is 417 g/mol. The van der Waals surface area contributed by atoms with Gasteiger partial charge in [0.15, 0.2) is 21.2 Å². The Morgan fingerprint density at radius 1 is 1.32 bits per heavy atom. The van der Waals surface area contributed by atoms with Gasteiger partial charge in [0.2, 0.25) is 5.91 Å². The first-order valence-corrected chi connectivity index (χ1v) is 10.1. The maximum absolute atomic E-state index is 12.4. The summed E-state index contributed by atoms with van der Waals surface area (Å²) < 4.78 is 53.6. The molecule has 1 unspecified atom stereocenters. The van der Waals surface area contributed by atoms with Gasteiger partial charge in [-0.2, -0.15) is 8.78 Å². The maximum Gasteiger partial charge on any atom is 0.387 e. The van der Waals surface area contributed by atoms with Gasteiger partial charge in [-0.05, 0) is 18.9 Å². The summed E-state index contributed by atoms with van der Waals surface area (Å²) in [5, 5.41) is 2.21. The molecular weight excluding hydrogens is 398 g/mol. The Labute approximate surface area is 160 Å². The molecule has 28 heavy (non-hydrogen) atoms. The molecule has 11 heteroatoms. The number of benzene rings is 1. The highest BCUT2D eigenvalue weighted by atomic mass is 32.2. The van der Waals surface area contributed by atoms with Gasteiger partial charge in [0.1, 0.15) is 5.75 Å². The van der Waals surface area contributed by atoms with Crippen LogP contribution in [-0.4, -0.2) is 43.9 Å². The van der Waals surface area contributed by atoms with E-state index < -0.39 is 51.1 Å². The van der Waals surface area contributed by atoms with Crippen LogP contribution >= 0.6 is 0 Å². The van der Waals surface area contributed by atoms with E-state index in [1.54, 1.807) is 0 Å². The summed E-state index contributed by atoms with van der Waals surface area (Å²) in [6, 6.07) is 5.39. The molecule has 1 aliphatic carbocycles. The number of halogens is 2. The van der Waals surface area contributed by atoms with Crippen molar-refractivity contribution in [2.24, 2.45) is 5.73 Å². The SMILES string of the molecule is NC(=O)C1(NC(=O)[CH]CS(=O)(=O)Cc2ccccc2OC(F)F)CCCC1=O. The lowest BCUT2D eigenvalue weighted by Crippen LogP contribution is -2.60. The van der Waals surface area contributed by atoms with Gasteiger partial charge in [0.25, 0.3) is 5.91 Å². The van der Waals surface area contributed by atoms with Gasteiger partial charge in [0, 0.05) is 12.0 Å². The van der Waals surface area contributed by atoms with Crippen molar-refractivity contribution in [3.63, 3.8) is 0 Å². The van der Waals surface area contributed by atoms with Crippen LogP contribution in [0.3, 0.4) is 0 Å². The van der Waals surface area contributed by atoms with Crippen molar-refractivity contribution in [2.75, 3.05) is 5.75 Å². The van der Waals surface area contributed by atoms with Crippen molar-refractivity contribution < 1.29 is 36.3 Å². The standard InChI is InChI=1S/C17H19F2N2O6S/c18-16(19)27-12-5-2-1-4-11(12)10-28(25,26)9-7-14(23)21-17(15(20)24)8-3-6-13(17)22/h1-2,4-5,7,16H,3,6,8-10H2,(H2,20,24)(H,21,23). The van der Waals surface area contributed by atoms with E-state index in [0.29, 0.717) is 6.42 Å². The number of alkyl halides is 2. The van der Waals surface area contributed by atoms with E-state index in [0.717, 1.165) is 6.42 Å². The molecule has 1 aromatic rings. The van der Waals surface area contributed by atoms with Gasteiger partial charge in [-0.3, -0.25) is 14.4 Å². The van der Waals surface area contributed by atoms with Crippen molar-refractivity contribution in [3.05, 3.63) is 36.2 Å². The van der Waals surface area contributed by atoms with E-state index in [2.05, 4.69) is 10.1 Å². The Morgan fingerprint density at radius 3 is 2.57 bits per heavy atom. The van der Waals surface area contributed by atoms with Crippen LogP contribution in [0, 0.1) is 6.42 Å². The number of nitrogens with two attached hydrogens (primary N) is 1. The summed E-state index contributed by atoms with van der Waals surface area (Å²) in [7, 11) is -3.92. The monoisotopic (exact) mass is 417 g/mol. The fourth-order valence-corrected chi connectivity index (χ4v) is 4.15. The quantitative estimate of drug-likeness (QED) is 0.562. The zero-order chi connectivity index (χ0) is 20.9. The minimum absolute atomic E-state index is 0.0104. The second-order valence-corrected chi connectivity index (χ2v) is 8.39. The number of amides is 2. The van der Waals surface area contributed by atoms with Gasteiger partial charge >= 0.3 is 6.61 Å². The van der Waals surface area contributed by atoms with Crippen LogP contribution in [0.5, 0.6) is 5.75 Å². The summed E-state index contributed by atoms with van der Waals surface area (Å²) in [6.45, 7) is -3.12. The van der Waals surface area contributed by atoms with Gasteiger partial charge in [-0.15, -0.1) is 0 Å². The first-order chi connectivity index (χ1) is 13.1. The topological polar surface area (TPSA) is 133 Å². The number of carbonyl (C=O) groups excluding carboxylic acids is 3. The highest BCUT2D eigenvalue weighted by Crippen LogP contribution is 2.26. The molecule has 1 radical (unpaired) electrons. The Morgan fingerprint density at radius 2 is 2.00 bits per heavy atom. The number of hydrogen-bond donors (Lipinski definition) is 2. The largest absolute Gasteiger partial charge is 0.435 e. The third-order valence-electron chi connectivity index (χ3n) is 4.28.